The second kappa shape index (κ2) is 13.4. The molecule has 1 N–H and O–H groups in total. The number of nitrogens with one attached hydrogen (secondary N) is 1. The van der Waals surface area contributed by atoms with E-state index >= 15 is 0 Å². The van der Waals surface area contributed by atoms with Gasteiger partial charge in [-0.15, -0.1) is 0 Å². The normalized spacial score (nSPS) is 12.5. The molecule has 0 radical (unpaired) electrons. The van der Waals surface area contributed by atoms with Gasteiger partial charge in [0.1, 0.15) is 11.8 Å². The van der Waals surface area contributed by atoms with E-state index in [1.807, 2.05) is 95.3 Å². The zero-order chi connectivity index (χ0) is 26.9. The molecule has 0 aliphatic heterocycles. The van der Waals surface area contributed by atoms with Crippen LogP contribution >= 0.6 is 15.9 Å². The maximum atomic E-state index is 13.8. The number of hydrogen-bond donors (Lipinski definition) is 1. The van der Waals surface area contributed by atoms with Crippen molar-refractivity contribution in [1.29, 1.82) is 0 Å². The summed E-state index contributed by atoms with van der Waals surface area (Å²) in [5.74, 6) is 0.297. The zero-order valence-electron chi connectivity index (χ0n) is 22.4. The van der Waals surface area contributed by atoms with Gasteiger partial charge in [0.25, 0.3) is 5.91 Å². The first-order chi connectivity index (χ1) is 17.7. The first kappa shape index (κ1) is 28.5. The lowest BCUT2D eigenvalue weighted by Gasteiger charge is -2.32. The summed E-state index contributed by atoms with van der Waals surface area (Å²) in [5.41, 5.74) is 5.13. The third-order valence-electron chi connectivity index (χ3n) is 6.65. The topological polar surface area (TPSA) is 58.6 Å². The molecule has 37 heavy (non-hydrogen) atoms. The minimum Gasteiger partial charge on any atom is -0.483 e. The minimum absolute atomic E-state index is 0.00424. The van der Waals surface area contributed by atoms with Crippen LogP contribution < -0.4 is 10.1 Å². The van der Waals surface area contributed by atoms with Gasteiger partial charge in [-0.3, -0.25) is 9.59 Å². The summed E-state index contributed by atoms with van der Waals surface area (Å²) >= 11 is 3.48. The van der Waals surface area contributed by atoms with Crippen molar-refractivity contribution in [3.8, 4) is 5.75 Å². The fraction of sp³-hybridized carbons (Fsp3) is 0.355. The average molecular weight is 566 g/mol. The molecular formula is C31H37BrN2O3. The maximum Gasteiger partial charge on any atom is 0.261 e. The molecule has 3 aromatic rings. The molecule has 0 heterocycles. The highest BCUT2D eigenvalue weighted by Crippen LogP contribution is 2.24. The van der Waals surface area contributed by atoms with Crippen molar-refractivity contribution in [2.24, 2.45) is 0 Å². The summed E-state index contributed by atoms with van der Waals surface area (Å²) in [5, 5.41) is 3.10. The lowest BCUT2D eigenvalue weighted by atomic mass is 10.0. The zero-order valence-corrected chi connectivity index (χ0v) is 24.0. The van der Waals surface area contributed by atoms with E-state index in [1.54, 1.807) is 4.90 Å². The highest BCUT2D eigenvalue weighted by Gasteiger charge is 2.31. The van der Waals surface area contributed by atoms with Crippen LogP contribution in [-0.2, 0) is 22.6 Å². The molecular weight excluding hydrogens is 528 g/mol. The Hall–Kier alpha value is -3.12. The van der Waals surface area contributed by atoms with E-state index in [-0.39, 0.29) is 24.5 Å². The Morgan fingerprint density at radius 1 is 0.973 bits per heavy atom. The van der Waals surface area contributed by atoms with Gasteiger partial charge in [-0.1, -0.05) is 71.4 Å². The van der Waals surface area contributed by atoms with Crippen molar-refractivity contribution in [1.82, 2.24) is 10.2 Å². The number of ether oxygens (including phenoxy) is 1. The second-order valence-corrected chi connectivity index (χ2v) is 10.6. The molecule has 0 unspecified atom stereocenters. The van der Waals surface area contributed by atoms with Gasteiger partial charge in [0, 0.05) is 23.5 Å². The van der Waals surface area contributed by atoms with Crippen LogP contribution in [0, 0.1) is 20.8 Å². The SMILES string of the molecule is CC[C@@H](C)NC(=O)[C@@H](Cc1ccccc1)N(Cc1ccc(Br)cc1)C(=O)COc1cc(C)cc(C)c1C. The van der Waals surface area contributed by atoms with Gasteiger partial charge in [-0.2, -0.15) is 0 Å². The summed E-state index contributed by atoms with van der Waals surface area (Å²) in [6, 6.07) is 21.0. The standard InChI is InChI=1S/C31H37BrN2O3/c1-6-23(4)33-31(36)28(18-25-10-8-7-9-11-25)34(19-26-12-14-27(32)15-13-26)30(35)20-37-29-17-21(2)16-22(3)24(29)5/h7-17,23,28H,6,18-20H2,1-5H3,(H,33,36)/t23-,28-/m1/s1. The number of hydrogen-bond acceptors (Lipinski definition) is 3. The molecule has 5 nitrogen and oxygen atoms in total. The lowest BCUT2D eigenvalue weighted by molar-refractivity contribution is -0.143. The molecule has 0 aliphatic rings. The van der Waals surface area contributed by atoms with Crippen molar-refractivity contribution in [2.45, 2.75) is 66.1 Å². The van der Waals surface area contributed by atoms with Gasteiger partial charge in [-0.05, 0) is 80.1 Å². The number of carbonyl (C=O) groups excluding carboxylic acids is 2. The molecule has 6 heteroatoms. The van der Waals surface area contributed by atoms with Gasteiger partial charge in [0.05, 0.1) is 0 Å². The smallest absolute Gasteiger partial charge is 0.261 e. The minimum atomic E-state index is -0.684. The summed E-state index contributed by atoms with van der Waals surface area (Å²) in [4.78, 5) is 29.0. The van der Waals surface area contributed by atoms with E-state index in [4.69, 9.17) is 4.74 Å². The Balaban J connectivity index is 1.94. The Bertz CT molecular complexity index is 1200. The van der Waals surface area contributed by atoms with Crippen LogP contribution in [0.2, 0.25) is 0 Å². The van der Waals surface area contributed by atoms with Crippen LogP contribution in [0.5, 0.6) is 5.75 Å². The number of carbonyl (C=O) groups is 2. The van der Waals surface area contributed by atoms with Gasteiger partial charge < -0.3 is 15.0 Å². The largest absolute Gasteiger partial charge is 0.483 e. The van der Waals surface area contributed by atoms with E-state index in [9.17, 15) is 9.59 Å². The Labute approximate surface area is 229 Å². The third kappa shape index (κ3) is 8.19. The van der Waals surface area contributed by atoms with Crippen molar-refractivity contribution in [3.63, 3.8) is 0 Å². The molecule has 0 saturated carbocycles. The van der Waals surface area contributed by atoms with Gasteiger partial charge >= 0.3 is 0 Å². The predicted octanol–water partition coefficient (Wildman–Crippen LogP) is 6.31. The summed E-state index contributed by atoms with van der Waals surface area (Å²) in [6.07, 6.45) is 1.22. The Kier molecular flexibility index (Phi) is 10.3. The van der Waals surface area contributed by atoms with Crippen LogP contribution in [0.1, 0.15) is 48.1 Å². The molecule has 196 valence electrons. The monoisotopic (exact) mass is 564 g/mol. The summed E-state index contributed by atoms with van der Waals surface area (Å²) < 4.78 is 7.01. The van der Waals surface area contributed by atoms with Crippen LogP contribution in [0.15, 0.2) is 71.2 Å². The molecule has 0 spiro atoms. The second-order valence-electron chi connectivity index (χ2n) is 9.67. The highest BCUT2D eigenvalue weighted by molar-refractivity contribution is 9.10. The summed E-state index contributed by atoms with van der Waals surface area (Å²) in [7, 11) is 0. The van der Waals surface area contributed by atoms with E-state index in [2.05, 4.69) is 27.3 Å². The molecule has 3 rings (SSSR count). The summed E-state index contributed by atoms with van der Waals surface area (Å²) in [6.45, 7) is 10.2. The average Bonchev–Trinajstić information content (AvgIpc) is 2.88. The van der Waals surface area contributed by atoms with Crippen molar-refractivity contribution in [2.75, 3.05) is 6.61 Å². The van der Waals surface area contributed by atoms with Crippen molar-refractivity contribution in [3.05, 3.63) is 99.0 Å². The molecule has 2 atom stereocenters. The van der Waals surface area contributed by atoms with Crippen LogP contribution in [0.25, 0.3) is 0 Å². The fourth-order valence-electron chi connectivity index (χ4n) is 4.15. The predicted molar refractivity (Wildman–Crippen MR) is 153 cm³/mol. The molecule has 0 fully saturated rings. The molecule has 2 amide bonds. The molecule has 3 aromatic carbocycles. The highest BCUT2D eigenvalue weighted by atomic mass is 79.9. The number of aryl methyl sites for hydroxylation is 2. The van der Waals surface area contributed by atoms with Crippen molar-refractivity contribution < 1.29 is 14.3 Å². The first-order valence-electron chi connectivity index (χ1n) is 12.8. The quantitative estimate of drug-likeness (QED) is 0.297. The molecule has 0 saturated heterocycles. The molecule has 0 aromatic heterocycles. The number of rotatable bonds is 11. The lowest BCUT2D eigenvalue weighted by Crippen LogP contribution is -2.53. The van der Waals surface area contributed by atoms with Crippen LogP contribution in [-0.4, -0.2) is 35.4 Å². The van der Waals surface area contributed by atoms with Gasteiger partial charge in [0.15, 0.2) is 6.61 Å². The van der Waals surface area contributed by atoms with E-state index < -0.39 is 6.04 Å². The molecule has 0 bridgehead atoms. The van der Waals surface area contributed by atoms with Gasteiger partial charge in [0.2, 0.25) is 5.91 Å². The van der Waals surface area contributed by atoms with Crippen molar-refractivity contribution >= 4 is 27.7 Å². The number of nitrogens with zero attached hydrogens (tertiary/aromatic N) is 1. The van der Waals surface area contributed by atoms with Crippen LogP contribution in [0.4, 0.5) is 0 Å². The van der Waals surface area contributed by atoms with Gasteiger partial charge in [-0.25, -0.2) is 0 Å². The maximum absolute atomic E-state index is 13.8. The number of benzene rings is 3. The first-order valence-corrected chi connectivity index (χ1v) is 13.6. The Morgan fingerprint density at radius 2 is 1.65 bits per heavy atom. The molecule has 0 aliphatic carbocycles. The van der Waals surface area contributed by atoms with E-state index in [0.29, 0.717) is 18.7 Å². The number of halogens is 1. The van der Waals surface area contributed by atoms with Crippen LogP contribution in [0.3, 0.4) is 0 Å². The fourth-order valence-corrected chi connectivity index (χ4v) is 4.42. The third-order valence-corrected chi connectivity index (χ3v) is 7.18. The number of amides is 2. The van der Waals surface area contributed by atoms with E-state index in [1.165, 1.54) is 0 Å². The Morgan fingerprint density at radius 3 is 2.30 bits per heavy atom. The van der Waals surface area contributed by atoms with E-state index in [0.717, 1.165) is 38.7 Å².